The van der Waals surface area contributed by atoms with Crippen LogP contribution in [0.3, 0.4) is 0 Å². The van der Waals surface area contributed by atoms with Crippen molar-refractivity contribution in [2.75, 3.05) is 13.1 Å². The Hall–Kier alpha value is -3.45. The van der Waals surface area contributed by atoms with E-state index in [9.17, 15) is 9.59 Å². The minimum Gasteiger partial charge on any atom is -0.445 e. The maximum Gasteiger partial charge on any atom is 0.275 e. The van der Waals surface area contributed by atoms with E-state index in [1.165, 1.54) is 4.68 Å². The number of oxazole rings is 1. The highest BCUT2D eigenvalue weighted by atomic mass is 35.5. The third-order valence-corrected chi connectivity index (χ3v) is 6.29. The van der Waals surface area contributed by atoms with Crippen molar-refractivity contribution < 1.29 is 9.21 Å². The summed E-state index contributed by atoms with van der Waals surface area (Å²) < 4.78 is 7.26. The van der Waals surface area contributed by atoms with Crippen LogP contribution in [0.25, 0.3) is 10.8 Å². The Kier molecular flexibility index (Phi) is 5.96. The summed E-state index contributed by atoms with van der Waals surface area (Å²) in [4.78, 5) is 31.9. The highest BCUT2D eigenvalue weighted by Crippen LogP contribution is 2.27. The van der Waals surface area contributed by atoms with Gasteiger partial charge in [-0.15, -0.1) is 0 Å². The number of amides is 1. The Morgan fingerprint density at radius 1 is 1.12 bits per heavy atom. The molecule has 2 aromatic carbocycles. The molecule has 1 amide bonds. The van der Waals surface area contributed by atoms with Gasteiger partial charge in [-0.25, -0.2) is 9.67 Å². The second kappa shape index (κ2) is 9.19. The standard InChI is InChI=1S/C25H23ClN4O3/c26-20-9-7-17(8-10-20)12-21-14-27-24(33-21)19-5-3-11-29(15-19)23(31)16-30-25(32)22-6-2-1-4-18(22)13-28-30/h1-2,4,6-10,13-14,19H,3,5,11-12,15-16H2/t19-/m0/s1. The van der Waals surface area contributed by atoms with Crippen LogP contribution in [0.4, 0.5) is 0 Å². The first-order chi connectivity index (χ1) is 16.1. The molecule has 0 unspecified atom stereocenters. The first-order valence-electron chi connectivity index (χ1n) is 11.0. The molecule has 1 aliphatic rings. The normalized spacial score (nSPS) is 16.3. The molecule has 1 saturated heterocycles. The van der Waals surface area contributed by atoms with Gasteiger partial charge >= 0.3 is 0 Å². The summed E-state index contributed by atoms with van der Waals surface area (Å²) in [5.41, 5.74) is 0.838. The molecule has 0 spiro atoms. The molecular formula is C25H23ClN4O3. The Labute approximate surface area is 195 Å². The number of aromatic nitrogens is 3. The van der Waals surface area contributed by atoms with Crippen LogP contribution in [0.15, 0.2) is 70.1 Å². The number of fused-ring (bicyclic) bond motifs is 1. The van der Waals surface area contributed by atoms with Gasteiger partial charge in [0.25, 0.3) is 5.56 Å². The number of likely N-dealkylation sites (tertiary alicyclic amines) is 1. The topological polar surface area (TPSA) is 81.2 Å². The number of carbonyl (C=O) groups is 1. The fraction of sp³-hybridized carbons (Fsp3) is 0.280. The van der Waals surface area contributed by atoms with E-state index in [-0.39, 0.29) is 23.9 Å². The van der Waals surface area contributed by atoms with E-state index in [2.05, 4.69) is 10.1 Å². The Balaban J connectivity index is 1.26. The average Bonchev–Trinajstić information content (AvgIpc) is 3.31. The smallest absolute Gasteiger partial charge is 0.275 e. The maximum absolute atomic E-state index is 13.0. The first kappa shape index (κ1) is 21.4. The molecule has 168 valence electrons. The number of nitrogens with zero attached hydrogens (tertiary/aromatic N) is 4. The van der Waals surface area contributed by atoms with Crippen molar-refractivity contribution in [1.29, 1.82) is 0 Å². The number of halogens is 1. The van der Waals surface area contributed by atoms with Gasteiger partial charge < -0.3 is 9.32 Å². The summed E-state index contributed by atoms with van der Waals surface area (Å²) in [6.07, 6.45) is 5.77. The molecule has 0 saturated carbocycles. The second-order valence-electron chi connectivity index (χ2n) is 8.34. The lowest BCUT2D eigenvalue weighted by molar-refractivity contribution is -0.133. The molecule has 1 atom stereocenters. The average molecular weight is 463 g/mol. The van der Waals surface area contributed by atoms with Gasteiger partial charge in [0.2, 0.25) is 5.91 Å². The maximum atomic E-state index is 13.0. The van der Waals surface area contributed by atoms with Crippen LogP contribution in [0.2, 0.25) is 5.02 Å². The molecule has 0 bridgehead atoms. The van der Waals surface area contributed by atoms with E-state index in [4.69, 9.17) is 16.0 Å². The van der Waals surface area contributed by atoms with Gasteiger partial charge in [0.15, 0.2) is 5.89 Å². The van der Waals surface area contributed by atoms with E-state index in [1.807, 2.05) is 42.5 Å². The zero-order valence-corrected chi connectivity index (χ0v) is 18.7. The SMILES string of the molecule is O=C(Cn1ncc2ccccc2c1=O)N1CCC[C@H](c2ncc(Cc3ccc(Cl)cc3)o2)C1. The molecule has 0 radical (unpaired) electrons. The lowest BCUT2D eigenvalue weighted by Crippen LogP contribution is -2.42. The van der Waals surface area contributed by atoms with E-state index in [1.54, 1.807) is 23.4 Å². The van der Waals surface area contributed by atoms with Crippen molar-refractivity contribution in [1.82, 2.24) is 19.7 Å². The molecular weight excluding hydrogens is 440 g/mol. The first-order valence-corrected chi connectivity index (χ1v) is 11.4. The molecule has 0 N–H and O–H groups in total. The van der Waals surface area contributed by atoms with Crippen LogP contribution in [-0.2, 0) is 17.8 Å². The van der Waals surface area contributed by atoms with E-state index >= 15 is 0 Å². The lowest BCUT2D eigenvalue weighted by atomic mass is 9.98. The number of hydrogen-bond donors (Lipinski definition) is 0. The fourth-order valence-corrected chi connectivity index (χ4v) is 4.40. The van der Waals surface area contributed by atoms with Gasteiger partial charge in [0, 0.05) is 29.9 Å². The van der Waals surface area contributed by atoms with Gasteiger partial charge in [0.05, 0.1) is 23.7 Å². The third-order valence-electron chi connectivity index (χ3n) is 6.03. The molecule has 3 heterocycles. The van der Waals surface area contributed by atoms with Crippen molar-refractivity contribution >= 4 is 28.3 Å². The minimum absolute atomic E-state index is 0.0305. The molecule has 1 aliphatic heterocycles. The number of piperidine rings is 1. The van der Waals surface area contributed by atoms with Crippen LogP contribution < -0.4 is 5.56 Å². The summed E-state index contributed by atoms with van der Waals surface area (Å²) >= 11 is 5.95. The van der Waals surface area contributed by atoms with Crippen molar-refractivity contribution in [2.24, 2.45) is 0 Å². The lowest BCUT2D eigenvalue weighted by Gasteiger charge is -2.31. The third kappa shape index (κ3) is 4.68. The van der Waals surface area contributed by atoms with Crippen LogP contribution >= 0.6 is 11.6 Å². The van der Waals surface area contributed by atoms with Crippen LogP contribution in [0, 0.1) is 0 Å². The molecule has 7 nitrogen and oxygen atoms in total. The van der Waals surface area contributed by atoms with E-state index in [0.29, 0.717) is 35.8 Å². The van der Waals surface area contributed by atoms with E-state index in [0.717, 1.165) is 29.6 Å². The molecule has 8 heteroatoms. The van der Waals surface area contributed by atoms with Gasteiger partial charge in [-0.2, -0.15) is 5.10 Å². The molecule has 33 heavy (non-hydrogen) atoms. The zero-order chi connectivity index (χ0) is 22.8. The number of carbonyl (C=O) groups excluding carboxylic acids is 1. The van der Waals surface area contributed by atoms with Crippen LogP contribution in [0.5, 0.6) is 0 Å². The second-order valence-corrected chi connectivity index (χ2v) is 8.78. The fourth-order valence-electron chi connectivity index (χ4n) is 4.27. The van der Waals surface area contributed by atoms with Gasteiger partial charge in [0.1, 0.15) is 12.3 Å². The quantitative estimate of drug-likeness (QED) is 0.447. The predicted octanol–water partition coefficient (Wildman–Crippen LogP) is 4.03. The van der Waals surface area contributed by atoms with Gasteiger partial charge in [-0.3, -0.25) is 9.59 Å². The largest absolute Gasteiger partial charge is 0.445 e. The van der Waals surface area contributed by atoms with Crippen LogP contribution in [-0.4, -0.2) is 38.7 Å². The summed E-state index contributed by atoms with van der Waals surface area (Å²) in [6.45, 7) is 1.09. The summed E-state index contributed by atoms with van der Waals surface area (Å²) in [6, 6.07) is 14.9. The van der Waals surface area contributed by atoms with Crippen molar-refractivity contribution in [3.63, 3.8) is 0 Å². The Morgan fingerprint density at radius 3 is 2.79 bits per heavy atom. The number of rotatable bonds is 5. The number of benzene rings is 2. The molecule has 1 fully saturated rings. The number of hydrogen-bond acceptors (Lipinski definition) is 5. The Bertz CT molecular complexity index is 1350. The van der Waals surface area contributed by atoms with Gasteiger partial charge in [-0.05, 0) is 36.6 Å². The van der Waals surface area contributed by atoms with Crippen molar-refractivity contribution in [3.05, 3.63) is 93.5 Å². The molecule has 2 aromatic heterocycles. The highest BCUT2D eigenvalue weighted by molar-refractivity contribution is 6.30. The monoisotopic (exact) mass is 462 g/mol. The summed E-state index contributed by atoms with van der Waals surface area (Å²) in [5.74, 6) is 1.33. The summed E-state index contributed by atoms with van der Waals surface area (Å²) in [7, 11) is 0. The predicted molar refractivity (Wildman–Crippen MR) is 125 cm³/mol. The van der Waals surface area contributed by atoms with Gasteiger partial charge in [-0.1, -0.05) is 41.9 Å². The Morgan fingerprint density at radius 2 is 1.94 bits per heavy atom. The molecule has 0 aliphatic carbocycles. The summed E-state index contributed by atoms with van der Waals surface area (Å²) in [5, 5.41) is 6.21. The minimum atomic E-state index is -0.255. The zero-order valence-electron chi connectivity index (χ0n) is 18.0. The van der Waals surface area contributed by atoms with E-state index < -0.39 is 0 Å². The van der Waals surface area contributed by atoms with Crippen molar-refractivity contribution in [3.8, 4) is 0 Å². The van der Waals surface area contributed by atoms with Crippen molar-refractivity contribution in [2.45, 2.75) is 31.7 Å². The highest BCUT2D eigenvalue weighted by Gasteiger charge is 2.28. The van der Waals surface area contributed by atoms with Crippen LogP contribution in [0.1, 0.15) is 36.0 Å². The molecule has 5 rings (SSSR count). The molecule has 4 aromatic rings.